The zero-order valence-corrected chi connectivity index (χ0v) is 5.81. The first-order chi connectivity index (χ1) is 2.81. The van der Waals surface area contributed by atoms with E-state index in [-0.39, 0.29) is 28.3 Å². The van der Waals surface area contributed by atoms with Gasteiger partial charge in [0.15, 0.2) is 0 Å². The Bertz CT molecular complexity index is 47.7. The maximum Gasteiger partial charge on any atom is 0.305 e. The summed E-state index contributed by atoms with van der Waals surface area (Å²) in [5.74, 6) is -0.157. The van der Waals surface area contributed by atoms with Crippen molar-refractivity contribution in [2.45, 2.75) is 13.3 Å². The van der Waals surface area contributed by atoms with Crippen molar-refractivity contribution in [1.29, 1.82) is 0 Å². The largest absolute Gasteiger partial charge is 0.469 e. The van der Waals surface area contributed by atoms with Gasteiger partial charge in [-0.2, -0.15) is 0 Å². The van der Waals surface area contributed by atoms with E-state index >= 15 is 0 Å². The first-order valence-electron chi connectivity index (χ1n) is 1.88. The van der Waals surface area contributed by atoms with Gasteiger partial charge in [-0.1, -0.05) is 6.92 Å². The van der Waals surface area contributed by atoms with Crippen LogP contribution in [0.4, 0.5) is 0 Å². The molecule has 0 fully saturated rings. The number of hydrogen-bond acceptors (Lipinski definition) is 2. The zero-order valence-electron chi connectivity index (χ0n) is 4.33. The molecule has 0 unspecified atom stereocenters. The fourth-order valence-corrected chi connectivity index (χ4v) is 0.144. The molecule has 2 nitrogen and oxygen atoms in total. The van der Waals surface area contributed by atoms with Crippen LogP contribution in [0.2, 0.25) is 0 Å². The molecule has 0 spiro atoms. The Morgan fingerprint density at radius 3 is 2.14 bits per heavy atom. The van der Waals surface area contributed by atoms with Gasteiger partial charge in [0.25, 0.3) is 0 Å². The molecule has 1 radical (unpaired) electrons. The Morgan fingerprint density at radius 2 is 2.14 bits per heavy atom. The van der Waals surface area contributed by atoms with E-state index < -0.39 is 0 Å². The summed E-state index contributed by atoms with van der Waals surface area (Å²) in [5, 5.41) is 0. The molecule has 0 saturated carbocycles. The van der Waals surface area contributed by atoms with E-state index in [1.165, 1.54) is 7.11 Å². The van der Waals surface area contributed by atoms with Crippen LogP contribution in [0, 0.1) is 0 Å². The Morgan fingerprint density at radius 1 is 1.71 bits per heavy atom. The molecule has 0 aliphatic carbocycles. The summed E-state index contributed by atoms with van der Waals surface area (Å²) in [6, 6.07) is 0. The average Bonchev–Trinajstić information content (AvgIpc) is 1.65. The van der Waals surface area contributed by atoms with Crippen molar-refractivity contribution in [3.05, 3.63) is 0 Å². The molecule has 0 aromatic heterocycles. The number of methoxy groups -OCH3 is 1. The SMILES string of the molecule is CCC(=O)OC.[Ag]. The van der Waals surface area contributed by atoms with Gasteiger partial charge in [-0.15, -0.1) is 0 Å². The van der Waals surface area contributed by atoms with Gasteiger partial charge in [-0.3, -0.25) is 4.79 Å². The van der Waals surface area contributed by atoms with Gasteiger partial charge >= 0.3 is 5.97 Å². The molecule has 0 bridgehead atoms. The molecule has 0 aliphatic heterocycles. The summed E-state index contributed by atoms with van der Waals surface area (Å²) in [4.78, 5) is 9.96. The predicted molar refractivity (Wildman–Crippen MR) is 22.3 cm³/mol. The maximum atomic E-state index is 9.96. The Hall–Kier alpha value is 0.210. The van der Waals surface area contributed by atoms with Gasteiger partial charge in [0.2, 0.25) is 0 Å². The number of hydrogen-bond donors (Lipinski definition) is 0. The number of carbonyl (C=O) groups is 1. The second kappa shape index (κ2) is 6.21. The monoisotopic (exact) mass is 195 g/mol. The van der Waals surface area contributed by atoms with Crippen LogP contribution >= 0.6 is 0 Å². The molecular formula is C4H8AgO2. The van der Waals surface area contributed by atoms with Crippen molar-refractivity contribution < 1.29 is 31.9 Å². The quantitative estimate of drug-likeness (QED) is 0.452. The summed E-state index contributed by atoms with van der Waals surface area (Å²) in [7, 11) is 1.38. The molecule has 0 rings (SSSR count). The van der Waals surface area contributed by atoms with Crippen molar-refractivity contribution in [3.63, 3.8) is 0 Å². The first kappa shape index (κ1) is 10.2. The minimum Gasteiger partial charge on any atom is -0.469 e. The van der Waals surface area contributed by atoms with E-state index in [0.717, 1.165) is 0 Å². The summed E-state index contributed by atoms with van der Waals surface area (Å²) >= 11 is 0. The molecule has 47 valence electrons. The number of carbonyl (C=O) groups excluding carboxylic acids is 1. The van der Waals surface area contributed by atoms with Gasteiger partial charge in [-0.05, 0) is 0 Å². The summed E-state index contributed by atoms with van der Waals surface area (Å²) in [5.41, 5.74) is 0. The topological polar surface area (TPSA) is 26.3 Å². The van der Waals surface area contributed by atoms with E-state index in [1.54, 1.807) is 6.92 Å². The Labute approximate surface area is 58.7 Å². The molecular weight excluding hydrogens is 188 g/mol. The average molecular weight is 196 g/mol. The van der Waals surface area contributed by atoms with Crippen LogP contribution < -0.4 is 0 Å². The van der Waals surface area contributed by atoms with Crippen LogP contribution in [0.15, 0.2) is 0 Å². The maximum absolute atomic E-state index is 9.96. The van der Waals surface area contributed by atoms with Crippen molar-refractivity contribution in [2.24, 2.45) is 0 Å². The number of ether oxygens (including phenoxy) is 1. The minimum atomic E-state index is -0.157. The third kappa shape index (κ3) is 6.21. The standard InChI is InChI=1S/C4H8O2.Ag/c1-3-4(5)6-2;/h3H2,1-2H3;. The molecule has 0 N–H and O–H groups in total. The van der Waals surface area contributed by atoms with Crippen molar-refractivity contribution >= 4 is 5.97 Å². The van der Waals surface area contributed by atoms with Crippen molar-refractivity contribution in [2.75, 3.05) is 7.11 Å². The normalized spacial score (nSPS) is 6.57. The molecule has 7 heavy (non-hydrogen) atoms. The van der Waals surface area contributed by atoms with Gasteiger partial charge in [0.1, 0.15) is 0 Å². The fourth-order valence-electron chi connectivity index (χ4n) is 0.144. The summed E-state index contributed by atoms with van der Waals surface area (Å²) in [6.07, 6.45) is 0.469. The second-order valence-corrected chi connectivity index (χ2v) is 0.930. The number of rotatable bonds is 1. The minimum absolute atomic E-state index is 0. The van der Waals surface area contributed by atoms with Crippen LogP contribution in [0.1, 0.15) is 13.3 Å². The van der Waals surface area contributed by atoms with E-state index in [1.807, 2.05) is 0 Å². The zero-order chi connectivity index (χ0) is 4.99. The molecule has 0 aromatic rings. The van der Waals surface area contributed by atoms with Crippen molar-refractivity contribution in [3.8, 4) is 0 Å². The first-order valence-corrected chi connectivity index (χ1v) is 1.88. The molecule has 0 saturated heterocycles. The third-order valence-corrected chi connectivity index (χ3v) is 0.516. The summed E-state index contributed by atoms with van der Waals surface area (Å²) < 4.78 is 4.26. The van der Waals surface area contributed by atoms with Gasteiger partial charge in [0, 0.05) is 28.8 Å². The van der Waals surface area contributed by atoms with E-state index in [9.17, 15) is 4.79 Å². The Balaban J connectivity index is 0. The van der Waals surface area contributed by atoms with Crippen LogP contribution in [-0.4, -0.2) is 13.1 Å². The van der Waals surface area contributed by atoms with Crippen LogP contribution in [-0.2, 0) is 31.9 Å². The van der Waals surface area contributed by atoms with E-state index in [4.69, 9.17) is 0 Å². The van der Waals surface area contributed by atoms with Crippen LogP contribution in [0.3, 0.4) is 0 Å². The Kier molecular flexibility index (Phi) is 9.09. The third-order valence-electron chi connectivity index (χ3n) is 0.516. The molecule has 3 heteroatoms. The number of esters is 1. The van der Waals surface area contributed by atoms with E-state index in [0.29, 0.717) is 6.42 Å². The molecule has 0 heterocycles. The molecule has 0 aromatic carbocycles. The van der Waals surface area contributed by atoms with Gasteiger partial charge < -0.3 is 4.74 Å². The second-order valence-electron chi connectivity index (χ2n) is 0.930. The summed E-state index contributed by atoms with van der Waals surface area (Å²) in [6.45, 7) is 1.76. The van der Waals surface area contributed by atoms with E-state index in [2.05, 4.69) is 4.74 Å². The smallest absolute Gasteiger partial charge is 0.305 e. The van der Waals surface area contributed by atoms with Crippen LogP contribution in [0.5, 0.6) is 0 Å². The molecule has 0 amide bonds. The van der Waals surface area contributed by atoms with Crippen molar-refractivity contribution in [1.82, 2.24) is 0 Å². The molecule has 0 aliphatic rings. The van der Waals surface area contributed by atoms with Gasteiger partial charge in [-0.25, -0.2) is 0 Å². The van der Waals surface area contributed by atoms with Crippen LogP contribution in [0.25, 0.3) is 0 Å². The molecule has 0 atom stereocenters. The predicted octanol–water partition coefficient (Wildman–Crippen LogP) is 0.567. The fraction of sp³-hybridized carbons (Fsp3) is 0.750. The van der Waals surface area contributed by atoms with Gasteiger partial charge in [0.05, 0.1) is 7.11 Å².